The Morgan fingerprint density at radius 2 is 1.76 bits per heavy atom. The summed E-state index contributed by atoms with van der Waals surface area (Å²) in [7, 11) is 2.04. The van der Waals surface area contributed by atoms with Gasteiger partial charge in [0.05, 0.1) is 6.10 Å². The minimum absolute atomic E-state index is 0.0668. The molecule has 2 aromatic heterocycles. The smallest absolute Gasteiger partial charge is 0.258 e. The molecule has 4 rings (SSSR count). The van der Waals surface area contributed by atoms with E-state index < -0.39 is 16.6 Å². The van der Waals surface area contributed by atoms with Crippen LogP contribution in [0.15, 0.2) is 47.2 Å². The van der Waals surface area contributed by atoms with Gasteiger partial charge in [-0.05, 0) is 58.5 Å². The molecular formula is C25H32N4O4. The van der Waals surface area contributed by atoms with Crippen molar-refractivity contribution in [1.29, 1.82) is 0 Å². The van der Waals surface area contributed by atoms with Gasteiger partial charge in [0, 0.05) is 42.0 Å². The lowest BCUT2D eigenvalue weighted by atomic mass is 9.62. The van der Waals surface area contributed by atoms with Crippen molar-refractivity contribution in [2.75, 3.05) is 20.1 Å². The highest BCUT2D eigenvalue weighted by molar-refractivity contribution is 5.56. The van der Waals surface area contributed by atoms with E-state index in [2.05, 4.69) is 26.9 Å². The molecule has 8 nitrogen and oxygen atoms in total. The Bertz CT molecular complexity index is 1110. The monoisotopic (exact) mass is 452 g/mol. The first-order chi connectivity index (χ1) is 15.4. The quantitative estimate of drug-likeness (QED) is 0.562. The normalized spacial score (nSPS) is 18.1. The van der Waals surface area contributed by atoms with Crippen LogP contribution < -0.4 is 4.74 Å². The van der Waals surface area contributed by atoms with Crippen LogP contribution in [-0.2, 0) is 11.2 Å². The molecule has 0 amide bonds. The second-order valence-electron chi connectivity index (χ2n) is 10.1. The van der Waals surface area contributed by atoms with Crippen molar-refractivity contribution in [3.8, 4) is 17.1 Å². The predicted molar refractivity (Wildman–Crippen MR) is 124 cm³/mol. The van der Waals surface area contributed by atoms with Crippen LogP contribution in [0.4, 0.5) is 0 Å². The number of pyridine rings is 1. The standard InChI is InChI=1S/C25H32N4O4/c1-16(2)32-20-9-7-18(8-10-20)25(31,24(5)14-29(6)15-24)19-11-17(12-26-13-19)21-27-22(33-28-21)23(3,4)30/h7-13,16,30-31H,14-15H2,1-6H3. The molecule has 1 fully saturated rings. The lowest BCUT2D eigenvalue weighted by Gasteiger charge is -2.55. The second-order valence-corrected chi connectivity index (χ2v) is 10.1. The molecule has 8 heteroatoms. The van der Waals surface area contributed by atoms with Crippen molar-refractivity contribution in [1.82, 2.24) is 20.0 Å². The zero-order chi connectivity index (χ0) is 24.0. The Hall–Kier alpha value is -2.81. The summed E-state index contributed by atoms with van der Waals surface area (Å²) in [5, 5.41) is 26.5. The van der Waals surface area contributed by atoms with Crippen LogP contribution in [0.1, 0.15) is 51.6 Å². The van der Waals surface area contributed by atoms with Crippen molar-refractivity contribution < 1.29 is 19.5 Å². The van der Waals surface area contributed by atoms with E-state index in [1.54, 1.807) is 26.2 Å². The first-order valence-corrected chi connectivity index (χ1v) is 11.1. The van der Waals surface area contributed by atoms with Gasteiger partial charge in [-0.2, -0.15) is 4.98 Å². The van der Waals surface area contributed by atoms with Gasteiger partial charge in [0.15, 0.2) is 0 Å². The van der Waals surface area contributed by atoms with Crippen LogP contribution in [0.25, 0.3) is 11.4 Å². The second kappa shape index (κ2) is 8.20. The van der Waals surface area contributed by atoms with E-state index in [9.17, 15) is 10.2 Å². The topological polar surface area (TPSA) is 105 Å². The van der Waals surface area contributed by atoms with E-state index in [0.717, 1.165) is 24.4 Å². The van der Waals surface area contributed by atoms with Gasteiger partial charge in [0.25, 0.3) is 5.89 Å². The number of hydrogen-bond donors (Lipinski definition) is 2. The fraction of sp³-hybridized carbons (Fsp3) is 0.480. The van der Waals surface area contributed by atoms with Crippen LogP contribution in [0.2, 0.25) is 0 Å². The van der Waals surface area contributed by atoms with Crippen molar-refractivity contribution in [3.05, 3.63) is 59.7 Å². The van der Waals surface area contributed by atoms with Gasteiger partial charge in [0.1, 0.15) is 17.0 Å². The Balaban J connectivity index is 1.77. The number of nitrogens with zero attached hydrogens (tertiary/aromatic N) is 4. The Morgan fingerprint density at radius 1 is 1.09 bits per heavy atom. The van der Waals surface area contributed by atoms with Gasteiger partial charge >= 0.3 is 0 Å². The molecule has 3 heterocycles. The Morgan fingerprint density at radius 3 is 2.30 bits per heavy atom. The van der Waals surface area contributed by atoms with E-state index >= 15 is 0 Å². The van der Waals surface area contributed by atoms with Crippen molar-refractivity contribution in [3.63, 3.8) is 0 Å². The van der Waals surface area contributed by atoms with Crippen molar-refractivity contribution in [2.24, 2.45) is 5.41 Å². The summed E-state index contributed by atoms with van der Waals surface area (Å²) in [6.07, 6.45) is 3.37. The third-order valence-corrected chi connectivity index (χ3v) is 6.12. The molecule has 2 N–H and O–H groups in total. The molecule has 1 aliphatic heterocycles. The number of benzene rings is 1. The molecule has 1 atom stereocenters. The Kier molecular flexibility index (Phi) is 5.80. The Labute approximate surface area is 194 Å². The predicted octanol–water partition coefficient (Wildman–Crippen LogP) is 3.33. The number of likely N-dealkylation sites (tertiary alicyclic amines) is 1. The molecular weight excluding hydrogens is 420 g/mol. The summed E-state index contributed by atoms with van der Waals surface area (Å²) >= 11 is 0. The summed E-state index contributed by atoms with van der Waals surface area (Å²) in [5.74, 6) is 1.18. The van der Waals surface area contributed by atoms with E-state index in [0.29, 0.717) is 17.0 Å². The number of ether oxygens (including phenoxy) is 1. The molecule has 0 spiro atoms. The molecule has 3 aromatic rings. The van der Waals surface area contributed by atoms with Gasteiger partial charge in [0.2, 0.25) is 5.82 Å². The van der Waals surface area contributed by atoms with E-state index in [4.69, 9.17) is 9.26 Å². The summed E-state index contributed by atoms with van der Waals surface area (Å²) in [6, 6.07) is 9.44. The minimum Gasteiger partial charge on any atom is -0.491 e. The number of aromatic nitrogens is 3. The van der Waals surface area contributed by atoms with Gasteiger partial charge < -0.3 is 24.4 Å². The molecule has 0 radical (unpaired) electrons. The van der Waals surface area contributed by atoms with Crippen molar-refractivity contribution in [2.45, 2.75) is 51.9 Å². The third-order valence-electron chi connectivity index (χ3n) is 6.12. The molecule has 1 aromatic carbocycles. The maximum atomic E-state index is 12.3. The molecule has 1 aliphatic rings. The highest BCUT2D eigenvalue weighted by atomic mass is 16.5. The zero-order valence-electron chi connectivity index (χ0n) is 20.0. The van der Waals surface area contributed by atoms with Crippen LogP contribution in [0.3, 0.4) is 0 Å². The molecule has 1 saturated heterocycles. The largest absolute Gasteiger partial charge is 0.491 e. The van der Waals surface area contributed by atoms with Gasteiger partial charge in [-0.1, -0.05) is 24.2 Å². The maximum Gasteiger partial charge on any atom is 0.258 e. The highest BCUT2D eigenvalue weighted by Crippen LogP contribution is 2.50. The summed E-state index contributed by atoms with van der Waals surface area (Å²) in [4.78, 5) is 10.9. The van der Waals surface area contributed by atoms with E-state index in [1.807, 2.05) is 51.2 Å². The average Bonchev–Trinajstić information content (AvgIpc) is 3.23. The fourth-order valence-corrected chi connectivity index (χ4v) is 4.63. The minimum atomic E-state index is -1.30. The molecule has 0 aliphatic carbocycles. The molecule has 0 bridgehead atoms. The fourth-order valence-electron chi connectivity index (χ4n) is 4.63. The third kappa shape index (κ3) is 4.26. The zero-order valence-corrected chi connectivity index (χ0v) is 20.0. The van der Waals surface area contributed by atoms with Gasteiger partial charge in [-0.25, -0.2) is 0 Å². The summed E-state index contributed by atoms with van der Waals surface area (Å²) in [6.45, 7) is 10.7. The highest BCUT2D eigenvalue weighted by Gasteiger charge is 2.55. The van der Waals surface area contributed by atoms with E-state index in [1.165, 1.54) is 0 Å². The summed E-state index contributed by atoms with van der Waals surface area (Å²) in [5.41, 5.74) is -0.983. The van der Waals surface area contributed by atoms with Crippen LogP contribution in [-0.4, -0.2) is 56.5 Å². The molecule has 33 heavy (non-hydrogen) atoms. The molecule has 1 unspecified atom stereocenters. The maximum absolute atomic E-state index is 12.3. The molecule has 0 saturated carbocycles. The van der Waals surface area contributed by atoms with Gasteiger partial charge in [-0.3, -0.25) is 4.98 Å². The number of aliphatic hydroxyl groups is 2. The summed E-state index contributed by atoms with van der Waals surface area (Å²) < 4.78 is 11.0. The average molecular weight is 453 g/mol. The number of rotatable bonds is 7. The van der Waals surface area contributed by atoms with Gasteiger partial charge in [-0.15, -0.1) is 0 Å². The SMILES string of the molecule is CC(C)Oc1ccc(C(O)(c2cncc(-c3noc(C(C)(C)O)n3)c2)C2(C)CN(C)C2)cc1. The van der Waals surface area contributed by atoms with Crippen molar-refractivity contribution >= 4 is 0 Å². The lowest BCUT2D eigenvalue weighted by molar-refractivity contribution is -0.127. The van der Waals surface area contributed by atoms with Crippen LogP contribution in [0, 0.1) is 5.41 Å². The first kappa shape index (κ1) is 23.4. The first-order valence-electron chi connectivity index (χ1n) is 11.1. The lowest BCUT2D eigenvalue weighted by Crippen LogP contribution is -2.63. The molecule has 176 valence electrons. The van der Waals surface area contributed by atoms with Crippen LogP contribution >= 0.6 is 0 Å². The van der Waals surface area contributed by atoms with Crippen LogP contribution in [0.5, 0.6) is 5.75 Å². The van der Waals surface area contributed by atoms with E-state index in [-0.39, 0.29) is 12.0 Å². The number of hydrogen-bond acceptors (Lipinski definition) is 8.